The molecule has 3 N–H and O–H groups in total. The number of rotatable bonds is 13. The first-order chi connectivity index (χ1) is 16.0. The van der Waals surface area contributed by atoms with Crippen molar-refractivity contribution in [2.24, 2.45) is 11.8 Å². The summed E-state index contributed by atoms with van der Waals surface area (Å²) < 4.78 is 5.69. The van der Waals surface area contributed by atoms with E-state index in [9.17, 15) is 14.7 Å². The minimum absolute atomic E-state index is 0.0573. The monoisotopic (exact) mass is 447 g/mol. The molecule has 0 spiro atoms. The molecule has 1 unspecified atom stereocenters. The van der Waals surface area contributed by atoms with Crippen LogP contribution >= 0.6 is 0 Å². The van der Waals surface area contributed by atoms with Gasteiger partial charge < -0.3 is 20.3 Å². The van der Waals surface area contributed by atoms with E-state index in [1.165, 1.54) is 0 Å². The molecule has 3 aromatic carbocycles. The third-order valence-corrected chi connectivity index (χ3v) is 5.46. The molecule has 0 saturated heterocycles. The molecular weight excluding hydrogens is 418 g/mol. The largest absolute Gasteiger partial charge is 0.493 e. The highest BCUT2D eigenvalue weighted by Gasteiger charge is 2.24. The van der Waals surface area contributed by atoms with E-state index in [2.05, 4.69) is 29.6 Å². The number of ether oxygens (including phenoxy) is 1. The fourth-order valence-electron chi connectivity index (χ4n) is 3.78. The molecule has 0 radical (unpaired) electrons. The van der Waals surface area contributed by atoms with Crippen LogP contribution in [0.25, 0.3) is 11.1 Å². The topological polar surface area (TPSA) is 95.9 Å². The Hall–Kier alpha value is -3.64. The van der Waals surface area contributed by atoms with Crippen LogP contribution in [0.4, 0.5) is 0 Å². The first-order valence-corrected chi connectivity index (χ1v) is 11.0. The maximum Gasteiger partial charge on any atom is 0.317 e. The maximum atomic E-state index is 11.9. The van der Waals surface area contributed by atoms with Crippen LogP contribution < -0.4 is 10.1 Å². The number of carboxylic acid groups (broad SMARTS) is 2. The Labute approximate surface area is 193 Å². The lowest BCUT2D eigenvalue weighted by Gasteiger charge is -2.22. The van der Waals surface area contributed by atoms with Gasteiger partial charge >= 0.3 is 11.9 Å². The Morgan fingerprint density at radius 3 is 2.03 bits per heavy atom. The maximum absolute atomic E-state index is 11.9. The fraction of sp³-hybridized carbons (Fsp3) is 0.259. The molecule has 6 heteroatoms. The quantitative estimate of drug-likeness (QED) is 0.360. The Kier molecular flexibility index (Phi) is 9.03. The van der Waals surface area contributed by atoms with Gasteiger partial charge in [0.1, 0.15) is 12.4 Å². The molecule has 0 saturated carbocycles. The van der Waals surface area contributed by atoms with Gasteiger partial charge in [0.05, 0.1) is 12.5 Å². The van der Waals surface area contributed by atoms with Crippen molar-refractivity contribution in [2.75, 3.05) is 19.7 Å². The molecule has 3 aromatic rings. The standard InChI is InChI=1S/C27H29NO5/c29-26(30)18-28-17-21(16-24(27(31)32)19-33-25-9-5-2-6-10-25)15-20-11-13-23(14-12-20)22-7-3-1-4-8-22/h1-14,21,24,28H,15-19H2,(H,29,30)(H,31,32)/t21-,24?/m1/s1. The lowest BCUT2D eigenvalue weighted by molar-refractivity contribution is -0.143. The second-order valence-corrected chi connectivity index (χ2v) is 8.05. The summed E-state index contributed by atoms with van der Waals surface area (Å²) in [6.07, 6.45) is 1.01. The molecule has 3 rings (SSSR count). The van der Waals surface area contributed by atoms with Crippen molar-refractivity contribution < 1.29 is 24.5 Å². The van der Waals surface area contributed by atoms with Crippen molar-refractivity contribution in [1.82, 2.24) is 5.32 Å². The van der Waals surface area contributed by atoms with Crippen LogP contribution in [-0.4, -0.2) is 41.8 Å². The summed E-state index contributed by atoms with van der Waals surface area (Å²) in [5.74, 6) is -2.00. The van der Waals surface area contributed by atoms with Crippen LogP contribution in [0, 0.1) is 11.8 Å². The second-order valence-electron chi connectivity index (χ2n) is 8.05. The van der Waals surface area contributed by atoms with E-state index in [0.717, 1.165) is 16.7 Å². The number of aliphatic carboxylic acids is 2. The van der Waals surface area contributed by atoms with Gasteiger partial charge in [-0.3, -0.25) is 9.59 Å². The Bertz CT molecular complexity index is 1010. The number of benzene rings is 3. The van der Waals surface area contributed by atoms with E-state index >= 15 is 0 Å². The summed E-state index contributed by atoms with van der Waals surface area (Å²) >= 11 is 0. The molecule has 0 aliphatic rings. The SMILES string of the molecule is O=C(O)CNC[C@H](Cc1ccc(-c2ccccc2)cc1)CC(COc1ccccc1)C(=O)O. The molecule has 6 nitrogen and oxygen atoms in total. The second kappa shape index (κ2) is 12.4. The van der Waals surface area contributed by atoms with Gasteiger partial charge in [0.15, 0.2) is 0 Å². The summed E-state index contributed by atoms with van der Waals surface area (Å²) in [7, 11) is 0. The Morgan fingerprint density at radius 1 is 0.818 bits per heavy atom. The average Bonchev–Trinajstić information content (AvgIpc) is 2.83. The number of hydrogen-bond donors (Lipinski definition) is 3. The zero-order valence-electron chi connectivity index (χ0n) is 18.4. The van der Waals surface area contributed by atoms with Gasteiger partial charge in [0.25, 0.3) is 0 Å². The van der Waals surface area contributed by atoms with Crippen LogP contribution in [0.2, 0.25) is 0 Å². The molecular formula is C27H29NO5. The van der Waals surface area contributed by atoms with Crippen molar-refractivity contribution in [2.45, 2.75) is 12.8 Å². The van der Waals surface area contributed by atoms with E-state index in [1.54, 1.807) is 12.1 Å². The normalized spacial score (nSPS) is 12.6. The Balaban J connectivity index is 1.67. The Morgan fingerprint density at radius 2 is 1.42 bits per heavy atom. The van der Waals surface area contributed by atoms with Crippen molar-refractivity contribution in [3.05, 3.63) is 90.5 Å². The van der Waals surface area contributed by atoms with Crippen LogP contribution in [0.3, 0.4) is 0 Å². The molecule has 0 amide bonds. The van der Waals surface area contributed by atoms with E-state index in [4.69, 9.17) is 9.84 Å². The molecule has 0 heterocycles. The van der Waals surface area contributed by atoms with Gasteiger partial charge in [-0.25, -0.2) is 0 Å². The molecule has 0 aromatic heterocycles. The average molecular weight is 448 g/mol. The first kappa shape index (κ1) is 24.0. The molecule has 0 aliphatic heterocycles. The predicted octanol–water partition coefficient (Wildman–Crippen LogP) is 4.36. The van der Waals surface area contributed by atoms with Crippen LogP contribution in [-0.2, 0) is 16.0 Å². The summed E-state index contributed by atoms with van der Waals surface area (Å²) in [6, 6.07) is 27.4. The van der Waals surface area contributed by atoms with Gasteiger partial charge in [-0.05, 0) is 54.1 Å². The van der Waals surface area contributed by atoms with Crippen molar-refractivity contribution >= 4 is 11.9 Å². The van der Waals surface area contributed by atoms with Crippen molar-refractivity contribution in [1.29, 1.82) is 0 Å². The van der Waals surface area contributed by atoms with Gasteiger partial charge in [0.2, 0.25) is 0 Å². The van der Waals surface area contributed by atoms with Crippen LogP contribution in [0.1, 0.15) is 12.0 Å². The highest BCUT2D eigenvalue weighted by molar-refractivity contribution is 5.70. The third-order valence-electron chi connectivity index (χ3n) is 5.46. The number of carbonyl (C=O) groups is 2. The van der Waals surface area contributed by atoms with Gasteiger partial charge in [-0.15, -0.1) is 0 Å². The summed E-state index contributed by atoms with van der Waals surface area (Å²) in [5, 5.41) is 21.6. The summed E-state index contributed by atoms with van der Waals surface area (Å²) in [4.78, 5) is 22.8. The molecule has 0 aliphatic carbocycles. The number of carboxylic acids is 2. The molecule has 172 valence electrons. The molecule has 2 atom stereocenters. The zero-order chi connectivity index (χ0) is 23.5. The lowest BCUT2D eigenvalue weighted by Crippen LogP contribution is -2.33. The van der Waals surface area contributed by atoms with E-state index in [1.807, 2.05) is 48.5 Å². The fourth-order valence-corrected chi connectivity index (χ4v) is 3.78. The minimum Gasteiger partial charge on any atom is -0.493 e. The highest BCUT2D eigenvalue weighted by atomic mass is 16.5. The number of hydrogen-bond acceptors (Lipinski definition) is 4. The number of para-hydroxylation sites is 1. The zero-order valence-corrected chi connectivity index (χ0v) is 18.4. The van der Waals surface area contributed by atoms with E-state index < -0.39 is 17.9 Å². The van der Waals surface area contributed by atoms with Crippen LogP contribution in [0.15, 0.2) is 84.9 Å². The molecule has 33 heavy (non-hydrogen) atoms. The molecule has 0 fully saturated rings. The van der Waals surface area contributed by atoms with Crippen molar-refractivity contribution in [3.63, 3.8) is 0 Å². The lowest BCUT2D eigenvalue weighted by atomic mass is 9.89. The van der Waals surface area contributed by atoms with Crippen molar-refractivity contribution in [3.8, 4) is 16.9 Å². The third kappa shape index (κ3) is 8.09. The van der Waals surface area contributed by atoms with Gasteiger partial charge in [0, 0.05) is 0 Å². The summed E-state index contributed by atoms with van der Waals surface area (Å²) in [5.41, 5.74) is 3.32. The first-order valence-electron chi connectivity index (χ1n) is 11.0. The molecule has 0 bridgehead atoms. The van der Waals surface area contributed by atoms with E-state index in [0.29, 0.717) is 25.1 Å². The minimum atomic E-state index is -0.942. The number of nitrogens with one attached hydrogen (secondary N) is 1. The van der Waals surface area contributed by atoms with E-state index in [-0.39, 0.29) is 19.1 Å². The summed E-state index contributed by atoms with van der Waals surface area (Å²) in [6.45, 7) is 0.297. The van der Waals surface area contributed by atoms with Gasteiger partial charge in [-0.2, -0.15) is 0 Å². The van der Waals surface area contributed by atoms with Crippen LogP contribution in [0.5, 0.6) is 5.75 Å². The highest BCUT2D eigenvalue weighted by Crippen LogP contribution is 2.23. The van der Waals surface area contributed by atoms with Gasteiger partial charge in [-0.1, -0.05) is 72.8 Å². The predicted molar refractivity (Wildman–Crippen MR) is 127 cm³/mol. The smallest absolute Gasteiger partial charge is 0.317 e.